The fourth-order valence-corrected chi connectivity index (χ4v) is 6.86. The van der Waals surface area contributed by atoms with Crippen LogP contribution >= 0.6 is 23.2 Å². The number of ether oxygens (including phenoxy) is 2. The average molecular weight is 648 g/mol. The van der Waals surface area contributed by atoms with Crippen LogP contribution in [-0.2, 0) is 38.4 Å². The quantitative estimate of drug-likeness (QED) is 0.211. The van der Waals surface area contributed by atoms with Crippen molar-refractivity contribution in [2.75, 3.05) is 40.4 Å². The molecule has 6 rings (SSSR count). The third-order valence-electron chi connectivity index (χ3n) is 8.96. The van der Waals surface area contributed by atoms with Crippen LogP contribution in [0.4, 0.5) is 0 Å². The van der Waals surface area contributed by atoms with Gasteiger partial charge in [0.25, 0.3) is 0 Å². The van der Waals surface area contributed by atoms with E-state index in [4.69, 9.17) is 32.7 Å². The molecule has 4 atom stereocenters. The van der Waals surface area contributed by atoms with E-state index in [2.05, 4.69) is 52.7 Å². The molecule has 0 bridgehead atoms. The lowest BCUT2D eigenvalue weighted by Gasteiger charge is -2.17. The molecular formula is C37H40Cl2N2O4. The summed E-state index contributed by atoms with van der Waals surface area (Å²) in [6.07, 6.45) is 1.73. The summed E-state index contributed by atoms with van der Waals surface area (Å²) in [5.74, 6) is 0.187. The number of esters is 2. The second-order valence-corrected chi connectivity index (χ2v) is 12.8. The predicted octanol–water partition coefficient (Wildman–Crippen LogP) is 6.85. The SMILES string of the molecule is COC(=O)[C@H]1CN(Cc2cccc3ccccc23)C[C@@H]1Cc1ccc(Cl)cc1.COC(=O)[C@H]1CNC[C@@H]1Cc1ccc(Cl)cc1. The van der Waals surface area contributed by atoms with Gasteiger partial charge in [0.05, 0.1) is 26.1 Å². The summed E-state index contributed by atoms with van der Waals surface area (Å²) >= 11 is 11.9. The molecule has 2 aliphatic heterocycles. The highest BCUT2D eigenvalue weighted by atomic mass is 35.5. The van der Waals surface area contributed by atoms with Gasteiger partial charge < -0.3 is 14.8 Å². The molecule has 2 aliphatic rings. The fourth-order valence-electron chi connectivity index (χ4n) is 6.61. The summed E-state index contributed by atoms with van der Waals surface area (Å²) in [6, 6.07) is 30.6. The van der Waals surface area contributed by atoms with E-state index >= 15 is 0 Å². The molecule has 2 fully saturated rings. The van der Waals surface area contributed by atoms with Gasteiger partial charge in [0.1, 0.15) is 0 Å². The highest BCUT2D eigenvalue weighted by Gasteiger charge is 2.38. The number of nitrogens with one attached hydrogen (secondary N) is 1. The highest BCUT2D eigenvalue weighted by molar-refractivity contribution is 6.30. The van der Waals surface area contributed by atoms with Crippen molar-refractivity contribution >= 4 is 45.9 Å². The van der Waals surface area contributed by atoms with Crippen molar-refractivity contribution in [3.8, 4) is 0 Å². The molecule has 0 aromatic heterocycles. The van der Waals surface area contributed by atoms with Crippen LogP contribution in [0.2, 0.25) is 10.0 Å². The largest absolute Gasteiger partial charge is 0.469 e. The number of hydrogen-bond acceptors (Lipinski definition) is 6. The van der Waals surface area contributed by atoms with Crippen LogP contribution in [0.1, 0.15) is 16.7 Å². The Balaban J connectivity index is 0.000000201. The number of carbonyl (C=O) groups excluding carboxylic acids is 2. The van der Waals surface area contributed by atoms with Crippen LogP contribution < -0.4 is 5.32 Å². The van der Waals surface area contributed by atoms with Crippen molar-refractivity contribution in [2.45, 2.75) is 19.4 Å². The lowest BCUT2D eigenvalue weighted by atomic mass is 9.90. The normalized spacial score (nSPS) is 21.2. The number of carbonyl (C=O) groups is 2. The molecule has 8 heteroatoms. The maximum Gasteiger partial charge on any atom is 0.310 e. The van der Waals surface area contributed by atoms with Crippen LogP contribution in [0.5, 0.6) is 0 Å². The number of hydrogen-bond donors (Lipinski definition) is 1. The molecule has 2 saturated heterocycles. The maximum absolute atomic E-state index is 12.4. The van der Waals surface area contributed by atoms with Crippen molar-refractivity contribution in [1.82, 2.24) is 10.2 Å². The number of rotatable bonds is 8. The van der Waals surface area contributed by atoms with E-state index in [-0.39, 0.29) is 29.7 Å². The number of fused-ring (bicyclic) bond motifs is 1. The topological polar surface area (TPSA) is 67.9 Å². The molecule has 45 heavy (non-hydrogen) atoms. The third kappa shape index (κ3) is 8.65. The second-order valence-electron chi connectivity index (χ2n) is 11.9. The molecule has 4 aromatic carbocycles. The maximum atomic E-state index is 12.4. The van der Waals surface area contributed by atoms with E-state index in [1.54, 1.807) is 0 Å². The first-order valence-corrected chi connectivity index (χ1v) is 16.1. The molecule has 0 saturated carbocycles. The van der Waals surface area contributed by atoms with Crippen molar-refractivity contribution < 1.29 is 19.1 Å². The zero-order valence-corrected chi connectivity index (χ0v) is 27.3. The Morgan fingerprint density at radius 3 is 1.93 bits per heavy atom. The summed E-state index contributed by atoms with van der Waals surface area (Å²) in [7, 11) is 2.93. The van der Waals surface area contributed by atoms with Gasteiger partial charge in [-0.05, 0) is 83.0 Å². The van der Waals surface area contributed by atoms with Crippen LogP contribution in [0.15, 0.2) is 91.0 Å². The highest BCUT2D eigenvalue weighted by Crippen LogP contribution is 2.31. The van der Waals surface area contributed by atoms with E-state index in [1.807, 2.05) is 48.5 Å². The first-order valence-electron chi connectivity index (χ1n) is 15.4. The molecule has 0 radical (unpaired) electrons. The lowest BCUT2D eigenvalue weighted by Crippen LogP contribution is -2.25. The van der Waals surface area contributed by atoms with E-state index in [0.29, 0.717) is 12.5 Å². The van der Waals surface area contributed by atoms with Crippen LogP contribution in [0, 0.1) is 23.7 Å². The Morgan fingerprint density at radius 1 is 0.711 bits per heavy atom. The minimum Gasteiger partial charge on any atom is -0.469 e. The summed E-state index contributed by atoms with van der Waals surface area (Å²) in [6.45, 7) is 4.03. The Morgan fingerprint density at radius 2 is 1.29 bits per heavy atom. The fraction of sp³-hybridized carbons (Fsp3) is 0.351. The van der Waals surface area contributed by atoms with Gasteiger partial charge in [0.15, 0.2) is 0 Å². The molecule has 2 heterocycles. The first kappa shape index (κ1) is 33.0. The van der Waals surface area contributed by atoms with Crippen molar-refractivity contribution in [2.24, 2.45) is 23.7 Å². The van der Waals surface area contributed by atoms with Gasteiger partial charge in [-0.3, -0.25) is 14.5 Å². The number of nitrogens with zero attached hydrogens (tertiary/aromatic N) is 1. The lowest BCUT2D eigenvalue weighted by molar-refractivity contribution is -0.147. The Kier molecular flexibility index (Phi) is 11.5. The van der Waals surface area contributed by atoms with E-state index in [0.717, 1.165) is 49.1 Å². The number of benzene rings is 4. The minimum atomic E-state index is -0.117. The number of methoxy groups -OCH3 is 2. The Hall–Kier alpha value is -3.42. The van der Waals surface area contributed by atoms with Gasteiger partial charge in [0, 0.05) is 36.2 Å². The van der Waals surface area contributed by atoms with Gasteiger partial charge in [-0.25, -0.2) is 0 Å². The zero-order valence-electron chi connectivity index (χ0n) is 25.8. The van der Waals surface area contributed by atoms with Crippen molar-refractivity contribution in [3.05, 3.63) is 118 Å². The summed E-state index contributed by atoms with van der Waals surface area (Å²) in [5, 5.41) is 7.24. The van der Waals surface area contributed by atoms with E-state index < -0.39 is 0 Å². The van der Waals surface area contributed by atoms with Crippen LogP contribution in [0.25, 0.3) is 10.8 Å². The van der Waals surface area contributed by atoms with Gasteiger partial charge in [-0.1, -0.05) is 89.9 Å². The monoisotopic (exact) mass is 646 g/mol. The summed E-state index contributed by atoms with van der Waals surface area (Å²) < 4.78 is 9.92. The third-order valence-corrected chi connectivity index (χ3v) is 9.46. The number of halogens is 2. The van der Waals surface area contributed by atoms with Crippen molar-refractivity contribution in [1.29, 1.82) is 0 Å². The molecule has 236 valence electrons. The minimum absolute atomic E-state index is 0.0318. The average Bonchev–Trinajstić information content (AvgIpc) is 3.69. The van der Waals surface area contributed by atoms with Gasteiger partial charge >= 0.3 is 11.9 Å². The molecule has 0 spiro atoms. The van der Waals surface area contributed by atoms with Crippen molar-refractivity contribution in [3.63, 3.8) is 0 Å². The Labute approximate surface area is 275 Å². The van der Waals surface area contributed by atoms with E-state index in [9.17, 15) is 9.59 Å². The summed E-state index contributed by atoms with van der Waals surface area (Å²) in [4.78, 5) is 26.4. The number of likely N-dealkylation sites (tertiary alicyclic amines) is 1. The second kappa shape index (κ2) is 15.7. The van der Waals surface area contributed by atoms with E-state index in [1.165, 1.54) is 41.7 Å². The smallest absolute Gasteiger partial charge is 0.310 e. The molecule has 1 N–H and O–H groups in total. The zero-order chi connectivity index (χ0) is 31.8. The van der Waals surface area contributed by atoms with Gasteiger partial charge in [0.2, 0.25) is 0 Å². The van der Waals surface area contributed by atoms with Gasteiger partial charge in [-0.15, -0.1) is 0 Å². The molecule has 0 amide bonds. The summed E-state index contributed by atoms with van der Waals surface area (Å²) in [5.41, 5.74) is 3.71. The van der Waals surface area contributed by atoms with Crippen LogP contribution in [0.3, 0.4) is 0 Å². The molecule has 4 aromatic rings. The standard InChI is InChI=1S/C24H24ClNO2.C13H16ClNO2/c1-28-24(27)23-16-26(15-20(23)13-17-9-11-21(25)12-10-17)14-19-7-4-6-18-5-2-3-8-22(18)19;1-17-13(16)12-8-15-7-10(12)6-9-2-4-11(14)5-3-9/h2-12,20,23H,13-16H2,1H3;2-5,10,12,15H,6-8H2,1H3/t20-,23-;10-,12-/m00/s1. The molecule has 0 unspecified atom stereocenters. The first-order chi connectivity index (χ1) is 21.8. The molecule has 6 nitrogen and oxygen atoms in total. The van der Waals surface area contributed by atoms with Gasteiger partial charge in [-0.2, -0.15) is 0 Å². The molecule has 0 aliphatic carbocycles. The molecular weight excluding hydrogens is 607 g/mol. The predicted molar refractivity (Wildman–Crippen MR) is 180 cm³/mol. The Bertz CT molecular complexity index is 1570. The van der Waals surface area contributed by atoms with Crippen LogP contribution in [-0.4, -0.2) is 57.2 Å².